The smallest absolute Gasteiger partial charge is 0.173 e. The maximum Gasteiger partial charge on any atom is 0.173 e. The summed E-state index contributed by atoms with van der Waals surface area (Å²) in [6.45, 7) is 0. The predicted molar refractivity (Wildman–Crippen MR) is 78.2 cm³/mol. The highest BCUT2D eigenvalue weighted by atomic mass is 79.9. The first-order valence-electron chi connectivity index (χ1n) is 5.31. The summed E-state index contributed by atoms with van der Waals surface area (Å²) in [5.74, 6) is 1.07. The lowest BCUT2D eigenvalue weighted by Gasteiger charge is -2.10. The fourth-order valence-electron chi connectivity index (χ4n) is 1.47. The van der Waals surface area contributed by atoms with Gasteiger partial charge in [-0.05, 0) is 42.5 Å². The summed E-state index contributed by atoms with van der Waals surface area (Å²) < 4.78 is 6.49. The van der Waals surface area contributed by atoms with E-state index in [2.05, 4.69) is 21.1 Å². The molecule has 0 aliphatic rings. The summed E-state index contributed by atoms with van der Waals surface area (Å²) >= 11 is 9.13. The Bertz CT molecular complexity index is 615. The molecule has 19 heavy (non-hydrogen) atoms. The molecule has 0 fully saturated rings. The minimum absolute atomic E-state index is 0.0229. The van der Waals surface area contributed by atoms with Gasteiger partial charge in [0.15, 0.2) is 5.84 Å². The molecule has 0 saturated heterocycles. The number of nitrogens with two attached hydrogens (primary N) is 1. The minimum atomic E-state index is -0.0229. The summed E-state index contributed by atoms with van der Waals surface area (Å²) in [4.78, 5) is 0. The van der Waals surface area contributed by atoms with Crippen LogP contribution in [-0.2, 0) is 0 Å². The van der Waals surface area contributed by atoms with Crippen LogP contribution >= 0.6 is 27.5 Å². The molecule has 3 N–H and O–H groups in total. The molecule has 2 aromatic carbocycles. The first-order valence-corrected chi connectivity index (χ1v) is 6.48. The van der Waals surface area contributed by atoms with Gasteiger partial charge in [-0.3, -0.25) is 0 Å². The zero-order chi connectivity index (χ0) is 13.8. The van der Waals surface area contributed by atoms with Crippen molar-refractivity contribution in [2.45, 2.75) is 0 Å². The van der Waals surface area contributed by atoms with Gasteiger partial charge < -0.3 is 15.7 Å². The zero-order valence-electron chi connectivity index (χ0n) is 9.68. The third kappa shape index (κ3) is 3.39. The molecule has 0 radical (unpaired) electrons. The predicted octanol–water partition coefficient (Wildman–Crippen LogP) is 3.99. The van der Waals surface area contributed by atoms with E-state index in [0.717, 1.165) is 4.47 Å². The molecule has 0 spiro atoms. The maximum atomic E-state index is 8.78. The average molecular weight is 342 g/mol. The first-order chi connectivity index (χ1) is 9.10. The van der Waals surface area contributed by atoms with Crippen molar-refractivity contribution in [3.05, 3.63) is 57.5 Å². The Morgan fingerprint density at radius 1 is 1.21 bits per heavy atom. The number of amidine groups is 1. The molecule has 0 saturated carbocycles. The summed E-state index contributed by atoms with van der Waals surface area (Å²) in [5, 5.41) is 12.4. The number of ether oxygens (including phenoxy) is 1. The Balaban J connectivity index is 2.37. The molecule has 6 heteroatoms. The maximum absolute atomic E-state index is 8.78. The van der Waals surface area contributed by atoms with Crippen LogP contribution in [0.15, 0.2) is 52.1 Å². The van der Waals surface area contributed by atoms with Crippen LogP contribution in [0.1, 0.15) is 5.56 Å². The Labute approximate surface area is 123 Å². The number of benzene rings is 2. The van der Waals surface area contributed by atoms with Crippen LogP contribution < -0.4 is 10.5 Å². The normalized spacial score (nSPS) is 11.4. The highest BCUT2D eigenvalue weighted by Gasteiger charge is 2.10. The van der Waals surface area contributed by atoms with E-state index in [1.165, 1.54) is 0 Å². The van der Waals surface area contributed by atoms with Gasteiger partial charge in [-0.25, -0.2) is 0 Å². The lowest BCUT2D eigenvalue weighted by atomic mass is 10.2. The molecule has 0 aliphatic carbocycles. The molecule has 2 aromatic rings. The lowest BCUT2D eigenvalue weighted by molar-refractivity contribution is 0.318. The molecule has 0 atom stereocenters. The van der Waals surface area contributed by atoms with E-state index in [9.17, 15) is 0 Å². The van der Waals surface area contributed by atoms with Crippen LogP contribution in [0.3, 0.4) is 0 Å². The zero-order valence-corrected chi connectivity index (χ0v) is 12.0. The monoisotopic (exact) mass is 340 g/mol. The Morgan fingerprint density at radius 2 is 1.89 bits per heavy atom. The van der Waals surface area contributed by atoms with E-state index in [-0.39, 0.29) is 5.84 Å². The van der Waals surface area contributed by atoms with Crippen LogP contribution in [0, 0.1) is 0 Å². The Hall–Kier alpha value is -1.72. The van der Waals surface area contributed by atoms with Crippen molar-refractivity contribution >= 4 is 33.4 Å². The molecular formula is C13H10BrClN2O2. The van der Waals surface area contributed by atoms with Crippen molar-refractivity contribution in [2.24, 2.45) is 10.9 Å². The Kier molecular flexibility index (Phi) is 4.29. The molecule has 0 unspecified atom stereocenters. The van der Waals surface area contributed by atoms with Crippen LogP contribution in [0.5, 0.6) is 11.5 Å². The number of halogens is 2. The number of oxime groups is 1. The second-order valence-electron chi connectivity index (χ2n) is 3.68. The molecule has 0 heterocycles. The van der Waals surface area contributed by atoms with Gasteiger partial charge >= 0.3 is 0 Å². The summed E-state index contributed by atoms with van der Waals surface area (Å²) in [7, 11) is 0. The molecule has 4 nitrogen and oxygen atoms in total. The number of hydrogen-bond donors (Lipinski definition) is 2. The van der Waals surface area contributed by atoms with Gasteiger partial charge in [-0.15, -0.1) is 0 Å². The van der Waals surface area contributed by atoms with Crippen molar-refractivity contribution in [3.8, 4) is 11.5 Å². The van der Waals surface area contributed by atoms with Gasteiger partial charge in [0.25, 0.3) is 0 Å². The molecule has 0 aromatic heterocycles. The fraction of sp³-hybridized carbons (Fsp3) is 0. The van der Waals surface area contributed by atoms with Gasteiger partial charge in [-0.2, -0.15) is 0 Å². The van der Waals surface area contributed by atoms with E-state index in [1.54, 1.807) is 42.5 Å². The number of nitrogens with zero attached hydrogens (tertiary/aromatic N) is 1. The number of rotatable bonds is 3. The van der Waals surface area contributed by atoms with Gasteiger partial charge in [0.2, 0.25) is 0 Å². The van der Waals surface area contributed by atoms with Gasteiger partial charge in [0.1, 0.15) is 11.5 Å². The first kappa shape index (κ1) is 13.7. The standard InChI is InChI=1S/C13H10BrClN2O2/c14-8-1-6-12(11(7-8)13(16)17-18)19-10-4-2-9(15)3-5-10/h1-7,18H,(H2,16,17). The summed E-state index contributed by atoms with van der Waals surface area (Å²) in [6, 6.07) is 12.2. The topological polar surface area (TPSA) is 67.8 Å². The van der Waals surface area contributed by atoms with Crippen LogP contribution in [-0.4, -0.2) is 11.0 Å². The molecular weight excluding hydrogens is 332 g/mol. The third-order valence-corrected chi connectivity index (χ3v) is 3.11. The molecule has 98 valence electrons. The highest BCUT2D eigenvalue weighted by molar-refractivity contribution is 9.10. The van der Waals surface area contributed by atoms with Crippen LogP contribution in [0.4, 0.5) is 0 Å². The van der Waals surface area contributed by atoms with Crippen molar-refractivity contribution in [1.29, 1.82) is 0 Å². The summed E-state index contributed by atoms with van der Waals surface area (Å²) in [5.41, 5.74) is 6.11. The van der Waals surface area contributed by atoms with Crippen molar-refractivity contribution in [2.75, 3.05) is 0 Å². The third-order valence-electron chi connectivity index (χ3n) is 2.37. The Morgan fingerprint density at radius 3 is 2.53 bits per heavy atom. The van der Waals surface area contributed by atoms with E-state index >= 15 is 0 Å². The summed E-state index contributed by atoms with van der Waals surface area (Å²) in [6.07, 6.45) is 0. The van der Waals surface area contributed by atoms with E-state index < -0.39 is 0 Å². The van der Waals surface area contributed by atoms with Crippen molar-refractivity contribution < 1.29 is 9.94 Å². The van der Waals surface area contributed by atoms with E-state index in [1.807, 2.05) is 0 Å². The second kappa shape index (κ2) is 5.95. The molecule has 0 amide bonds. The fourth-order valence-corrected chi connectivity index (χ4v) is 1.96. The quantitative estimate of drug-likeness (QED) is 0.384. The molecule has 0 bridgehead atoms. The van der Waals surface area contributed by atoms with Crippen LogP contribution in [0.2, 0.25) is 5.02 Å². The van der Waals surface area contributed by atoms with Gasteiger partial charge in [-0.1, -0.05) is 32.7 Å². The average Bonchev–Trinajstić information content (AvgIpc) is 2.42. The van der Waals surface area contributed by atoms with Gasteiger partial charge in [0, 0.05) is 9.50 Å². The largest absolute Gasteiger partial charge is 0.457 e. The van der Waals surface area contributed by atoms with Gasteiger partial charge in [0.05, 0.1) is 5.56 Å². The molecule has 2 rings (SSSR count). The van der Waals surface area contributed by atoms with Crippen LogP contribution in [0.25, 0.3) is 0 Å². The van der Waals surface area contributed by atoms with Crippen molar-refractivity contribution in [3.63, 3.8) is 0 Å². The van der Waals surface area contributed by atoms with Crippen molar-refractivity contribution in [1.82, 2.24) is 0 Å². The minimum Gasteiger partial charge on any atom is -0.457 e. The SMILES string of the molecule is N/C(=N/O)c1cc(Br)ccc1Oc1ccc(Cl)cc1. The second-order valence-corrected chi connectivity index (χ2v) is 5.03. The van der Waals surface area contributed by atoms with E-state index in [0.29, 0.717) is 22.1 Å². The highest BCUT2D eigenvalue weighted by Crippen LogP contribution is 2.28. The lowest BCUT2D eigenvalue weighted by Crippen LogP contribution is -2.14. The van der Waals surface area contributed by atoms with E-state index in [4.69, 9.17) is 27.3 Å². The molecule has 0 aliphatic heterocycles. The number of hydrogen-bond acceptors (Lipinski definition) is 3.